The first-order valence-corrected chi connectivity index (χ1v) is 4.55. The van der Waals surface area contributed by atoms with Crippen LogP contribution in [0, 0.1) is 0 Å². The Bertz CT molecular complexity index is 105. The molecule has 0 aliphatic heterocycles. The van der Waals surface area contributed by atoms with Crippen molar-refractivity contribution in [1.29, 1.82) is 0 Å². The summed E-state index contributed by atoms with van der Waals surface area (Å²) in [5.41, 5.74) is 0. The molecule has 0 aromatic rings. The van der Waals surface area contributed by atoms with Gasteiger partial charge in [0.2, 0.25) is 0 Å². The molecule has 2 N–H and O–H groups in total. The molecule has 0 aliphatic carbocycles. The second-order valence-electron chi connectivity index (χ2n) is 3.18. The molecule has 74 valence electrons. The minimum Gasteiger partial charge on any atom is -0.395 e. The van der Waals surface area contributed by atoms with E-state index in [2.05, 4.69) is 19.2 Å². The maximum absolute atomic E-state index is 8.93. The molecule has 2 unspecified atom stereocenters. The van der Waals surface area contributed by atoms with Crippen molar-refractivity contribution in [1.82, 2.24) is 5.32 Å². The first kappa shape index (κ1) is 11.9. The highest BCUT2D eigenvalue weighted by Crippen LogP contribution is 1.99. The molecule has 0 aliphatic rings. The van der Waals surface area contributed by atoms with Crippen LogP contribution >= 0.6 is 0 Å². The van der Waals surface area contributed by atoms with Gasteiger partial charge in [-0.25, -0.2) is 0 Å². The molecular formula is C9H21NO2. The van der Waals surface area contributed by atoms with E-state index in [1.165, 1.54) is 0 Å². The van der Waals surface area contributed by atoms with Gasteiger partial charge >= 0.3 is 0 Å². The maximum atomic E-state index is 8.93. The van der Waals surface area contributed by atoms with Crippen molar-refractivity contribution in [2.24, 2.45) is 0 Å². The maximum Gasteiger partial charge on any atom is 0.0693 e. The Kier molecular flexibility index (Phi) is 6.34. The molecule has 12 heavy (non-hydrogen) atoms. The predicted octanol–water partition coefficient (Wildman–Crippen LogP) is 0.770. The zero-order valence-corrected chi connectivity index (χ0v) is 8.50. The number of ether oxygens (including phenoxy) is 1. The van der Waals surface area contributed by atoms with E-state index in [0.29, 0.717) is 0 Å². The zero-order valence-electron chi connectivity index (χ0n) is 8.50. The van der Waals surface area contributed by atoms with Crippen LogP contribution in [-0.4, -0.2) is 37.0 Å². The lowest BCUT2D eigenvalue weighted by molar-refractivity contribution is 0.0793. The molecule has 0 heterocycles. The highest BCUT2D eigenvalue weighted by molar-refractivity contribution is 4.73. The van der Waals surface area contributed by atoms with E-state index in [0.717, 1.165) is 6.42 Å². The van der Waals surface area contributed by atoms with Crippen molar-refractivity contribution in [2.45, 2.75) is 45.4 Å². The van der Waals surface area contributed by atoms with Crippen LogP contribution in [0.4, 0.5) is 0 Å². The van der Waals surface area contributed by atoms with Crippen molar-refractivity contribution in [3.8, 4) is 0 Å². The predicted molar refractivity (Wildman–Crippen MR) is 50.2 cm³/mol. The Balaban J connectivity index is 3.72. The van der Waals surface area contributed by atoms with Gasteiger partial charge in [-0.15, -0.1) is 0 Å². The number of nitrogens with one attached hydrogen (secondary N) is 1. The second-order valence-corrected chi connectivity index (χ2v) is 3.18. The first-order chi connectivity index (χ1) is 5.65. The van der Waals surface area contributed by atoms with Gasteiger partial charge in [-0.1, -0.05) is 6.92 Å². The third-order valence-corrected chi connectivity index (χ3v) is 2.29. The van der Waals surface area contributed by atoms with Gasteiger partial charge in [0.1, 0.15) is 0 Å². The zero-order chi connectivity index (χ0) is 9.56. The Hall–Kier alpha value is -0.120. The van der Waals surface area contributed by atoms with E-state index < -0.39 is 0 Å². The smallest absolute Gasteiger partial charge is 0.0693 e. The van der Waals surface area contributed by atoms with Gasteiger partial charge in [0.15, 0.2) is 0 Å². The molecule has 0 bridgehead atoms. The molecule has 0 radical (unpaired) electrons. The third kappa shape index (κ3) is 4.04. The molecule has 0 saturated carbocycles. The monoisotopic (exact) mass is 175 g/mol. The van der Waals surface area contributed by atoms with Crippen LogP contribution in [-0.2, 0) is 4.74 Å². The second kappa shape index (κ2) is 6.40. The van der Waals surface area contributed by atoms with Crippen molar-refractivity contribution >= 4 is 0 Å². The van der Waals surface area contributed by atoms with Gasteiger partial charge in [0.25, 0.3) is 0 Å². The first-order valence-electron chi connectivity index (χ1n) is 4.55. The number of hydrogen-bond donors (Lipinski definition) is 2. The molecule has 0 spiro atoms. The van der Waals surface area contributed by atoms with Crippen molar-refractivity contribution < 1.29 is 9.84 Å². The largest absolute Gasteiger partial charge is 0.395 e. The standard InChI is InChI=1S/C9H21NO2/c1-5-9(6-11)10-7(2)8(3)12-4/h7-11H,5-6H2,1-4H3/t7?,8?,9-/m0/s1. The molecule has 0 aromatic carbocycles. The average Bonchev–Trinajstić information content (AvgIpc) is 2.12. The summed E-state index contributed by atoms with van der Waals surface area (Å²) in [6, 6.07) is 0.477. The Morgan fingerprint density at radius 2 is 2.00 bits per heavy atom. The van der Waals surface area contributed by atoms with Crippen LogP contribution in [0.5, 0.6) is 0 Å². The summed E-state index contributed by atoms with van der Waals surface area (Å²) >= 11 is 0. The van der Waals surface area contributed by atoms with E-state index in [1.54, 1.807) is 7.11 Å². The van der Waals surface area contributed by atoms with Crippen LogP contribution < -0.4 is 5.32 Å². The van der Waals surface area contributed by atoms with Crippen molar-refractivity contribution in [3.63, 3.8) is 0 Å². The lowest BCUT2D eigenvalue weighted by Gasteiger charge is -2.24. The molecular weight excluding hydrogens is 154 g/mol. The summed E-state index contributed by atoms with van der Waals surface area (Å²) in [6.07, 6.45) is 1.13. The minimum absolute atomic E-state index is 0.186. The summed E-state index contributed by atoms with van der Waals surface area (Å²) in [5.74, 6) is 0. The van der Waals surface area contributed by atoms with E-state index in [4.69, 9.17) is 9.84 Å². The quantitative estimate of drug-likeness (QED) is 0.626. The van der Waals surface area contributed by atoms with Gasteiger partial charge in [-0.3, -0.25) is 0 Å². The SMILES string of the molecule is CC[C@@H](CO)NC(C)C(C)OC. The minimum atomic E-state index is 0.186. The van der Waals surface area contributed by atoms with Crippen LogP contribution in [0.3, 0.4) is 0 Å². The third-order valence-electron chi connectivity index (χ3n) is 2.29. The molecule has 0 aromatic heterocycles. The van der Waals surface area contributed by atoms with E-state index in [-0.39, 0.29) is 24.8 Å². The van der Waals surface area contributed by atoms with E-state index in [1.807, 2.05) is 6.92 Å². The number of methoxy groups -OCH3 is 1. The summed E-state index contributed by atoms with van der Waals surface area (Å²) < 4.78 is 5.16. The fraction of sp³-hybridized carbons (Fsp3) is 1.00. The van der Waals surface area contributed by atoms with Gasteiger partial charge in [0, 0.05) is 19.2 Å². The lowest BCUT2D eigenvalue weighted by Crippen LogP contribution is -2.44. The normalized spacial score (nSPS) is 18.8. The number of hydrogen-bond acceptors (Lipinski definition) is 3. The van der Waals surface area contributed by atoms with Gasteiger partial charge in [-0.05, 0) is 20.3 Å². The van der Waals surface area contributed by atoms with Crippen molar-refractivity contribution in [3.05, 3.63) is 0 Å². The Morgan fingerprint density at radius 3 is 2.33 bits per heavy atom. The molecule has 3 nitrogen and oxygen atoms in total. The number of aliphatic hydroxyl groups is 1. The summed E-state index contributed by atoms with van der Waals surface area (Å²) in [5, 5.41) is 12.2. The van der Waals surface area contributed by atoms with Crippen LogP contribution in [0.1, 0.15) is 27.2 Å². The molecule has 0 amide bonds. The fourth-order valence-corrected chi connectivity index (χ4v) is 1.01. The summed E-state index contributed by atoms with van der Waals surface area (Å²) in [7, 11) is 1.70. The Labute approximate surface area is 75.1 Å². The molecule has 0 rings (SSSR count). The topological polar surface area (TPSA) is 41.5 Å². The van der Waals surface area contributed by atoms with E-state index in [9.17, 15) is 0 Å². The lowest BCUT2D eigenvalue weighted by atomic mass is 10.1. The number of aliphatic hydroxyl groups excluding tert-OH is 1. The molecule has 3 heteroatoms. The van der Waals surface area contributed by atoms with Gasteiger partial charge in [0.05, 0.1) is 12.7 Å². The van der Waals surface area contributed by atoms with Gasteiger partial charge < -0.3 is 15.2 Å². The van der Waals surface area contributed by atoms with Gasteiger partial charge in [-0.2, -0.15) is 0 Å². The van der Waals surface area contributed by atoms with Crippen molar-refractivity contribution in [2.75, 3.05) is 13.7 Å². The average molecular weight is 175 g/mol. The highest BCUT2D eigenvalue weighted by atomic mass is 16.5. The summed E-state index contributed by atoms with van der Waals surface area (Å²) in [6.45, 7) is 6.32. The molecule has 3 atom stereocenters. The highest BCUT2D eigenvalue weighted by Gasteiger charge is 2.14. The van der Waals surface area contributed by atoms with Crippen LogP contribution in [0.25, 0.3) is 0 Å². The van der Waals surface area contributed by atoms with Crippen LogP contribution in [0.2, 0.25) is 0 Å². The fourth-order valence-electron chi connectivity index (χ4n) is 1.01. The molecule has 0 fully saturated rings. The van der Waals surface area contributed by atoms with Crippen LogP contribution in [0.15, 0.2) is 0 Å². The number of rotatable bonds is 6. The molecule has 0 saturated heterocycles. The van der Waals surface area contributed by atoms with E-state index >= 15 is 0 Å². The summed E-state index contributed by atoms with van der Waals surface area (Å²) in [4.78, 5) is 0. The Morgan fingerprint density at radius 1 is 1.42 bits per heavy atom.